The molecule has 2 rings (SSSR count). The Hall–Kier alpha value is -0.610. The predicted molar refractivity (Wildman–Crippen MR) is 46.3 cm³/mol. The lowest BCUT2D eigenvalue weighted by Gasteiger charge is -2.46. The lowest BCUT2D eigenvalue weighted by atomic mass is 9.76. The third kappa shape index (κ3) is 1.56. The second-order valence-corrected chi connectivity index (χ2v) is 3.97. The van der Waals surface area contributed by atoms with Crippen molar-refractivity contribution in [1.82, 2.24) is 5.32 Å². The summed E-state index contributed by atoms with van der Waals surface area (Å²) in [5.41, 5.74) is 0.324. The fraction of sp³-hybridized carbons (Fsp3) is 0.889. The third-order valence-electron chi connectivity index (χ3n) is 2.99. The summed E-state index contributed by atoms with van der Waals surface area (Å²) >= 11 is 0. The van der Waals surface area contributed by atoms with Crippen molar-refractivity contribution in [3.63, 3.8) is 0 Å². The minimum Gasteiger partial charge on any atom is -0.467 e. The molecule has 0 aromatic carbocycles. The molecule has 1 atom stereocenters. The third-order valence-corrected chi connectivity index (χ3v) is 2.99. The topological polar surface area (TPSA) is 47.6 Å². The predicted octanol–water partition coefficient (Wildman–Crippen LogP) is -0.0720. The first-order chi connectivity index (χ1) is 6.26. The van der Waals surface area contributed by atoms with Crippen molar-refractivity contribution in [2.75, 3.05) is 26.8 Å². The molecule has 1 spiro atoms. The fourth-order valence-corrected chi connectivity index (χ4v) is 1.94. The Balaban J connectivity index is 1.85. The van der Waals surface area contributed by atoms with E-state index in [0.717, 1.165) is 25.9 Å². The molecule has 0 aromatic heterocycles. The van der Waals surface area contributed by atoms with E-state index in [1.165, 1.54) is 7.11 Å². The molecule has 1 N–H and O–H groups in total. The molecule has 2 aliphatic heterocycles. The van der Waals surface area contributed by atoms with Gasteiger partial charge >= 0.3 is 5.97 Å². The molecule has 74 valence electrons. The van der Waals surface area contributed by atoms with E-state index in [1.807, 2.05) is 0 Å². The Morgan fingerprint density at radius 1 is 1.62 bits per heavy atom. The Kier molecular flexibility index (Phi) is 2.26. The lowest BCUT2D eigenvalue weighted by Crippen LogP contribution is -2.59. The first-order valence-corrected chi connectivity index (χ1v) is 4.66. The molecular formula is C9H15NO3. The molecule has 2 saturated heterocycles. The normalized spacial score (nSPS) is 31.0. The number of methoxy groups -OCH3 is 1. The van der Waals surface area contributed by atoms with Gasteiger partial charge in [-0.15, -0.1) is 0 Å². The average molecular weight is 185 g/mol. The largest absolute Gasteiger partial charge is 0.467 e. The summed E-state index contributed by atoms with van der Waals surface area (Å²) in [6.45, 7) is 2.75. The van der Waals surface area contributed by atoms with Gasteiger partial charge < -0.3 is 14.8 Å². The van der Waals surface area contributed by atoms with Gasteiger partial charge in [0.15, 0.2) is 6.10 Å². The molecule has 4 heteroatoms. The van der Waals surface area contributed by atoms with Gasteiger partial charge in [0.1, 0.15) is 0 Å². The van der Waals surface area contributed by atoms with E-state index >= 15 is 0 Å². The number of ether oxygens (including phenoxy) is 2. The van der Waals surface area contributed by atoms with Crippen molar-refractivity contribution in [3.8, 4) is 0 Å². The summed E-state index contributed by atoms with van der Waals surface area (Å²) in [7, 11) is 1.40. The maximum atomic E-state index is 11.1. The molecule has 0 amide bonds. The highest BCUT2D eigenvalue weighted by atomic mass is 16.6. The fourth-order valence-electron chi connectivity index (χ4n) is 1.94. The number of nitrogens with one attached hydrogen (secondary N) is 1. The molecule has 0 aromatic rings. The van der Waals surface area contributed by atoms with Crippen LogP contribution in [0.5, 0.6) is 0 Å². The highest BCUT2D eigenvalue weighted by Crippen LogP contribution is 2.34. The Bertz CT molecular complexity index is 203. The van der Waals surface area contributed by atoms with E-state index in [1.54, 1.807) is 0 Å². The van der Waals surface area contributed by atoms with Crippen LogP contribution in [0.25, 0.3) is 0 Å². The van der Waals surface area contributed by atoms with Crippen LogP contribution in [0.2, 0.25) is 0 Å². The number of carbonyl (C=O) groups is 1. The summed E-state index contributed by atoms with van der Waals surface area (Å²) in [6, 6.07) is 0. The van der Waals surface area contributed by atoms with Crippen LogP contribution in [0, 0.1) is 5.41 Å². The monoisotopic (exact) mass is 185 g/mol. The van der Waals surface area contributed by atoms with Gasteiger partial charge in [0.05, 0.1) is 13.7 Å². The first kappa shape index (κ1) is 8.97. The minimum atomic E-state index is -0.323. The molecule has 2 fully saturated rings. The van der Waals surface area contributed by atoms with Crippen LogP contribution in [0.3, 0.4) is 0 Å². The zero-order valence-electron chi connectivity index (χ0n) is 7.84. The number of esters is 1. The molecule has 0 aliphatic carbocycles. The van der Waals surface area contributed by atoms with E-state index in [4.69, 9.17) is 4.74 Å². The molecule has 2 aliphatic rings. The molecule has 0 saturated carbocycles. The Morgan fingerprint density at radius 2 is 2.38 bits per heavy atom. The summed E-state index contributed by atoms with van der Waals surface area (Å²) in [6.07, 6.45) is 1.55. The highest BCUT2D eigenvalue weighted by molar-refractivity contribution is 5.74. The zero-order valence-corrected chi connectivity index (χ0v) is 7.84. The quantitative estimate of drug-likeness (QED) is 0.581. The van der Waals surface area contributed by atoms with Crippen LogP contribution in [0.1, 0.15) is 12.8 Å². The number of rotatable bonds is 1. The maximum absolute atomic E-state index is 11.1. The molecule has 13 heavy (non-hydrogen) atoms. The smallest absolute Gasteiger partial charge is 0.334 e. The van der Waals surface area contributed by atoms with E-state index in [9.17, 15) is 4.79 Å². The zero-order chi connectivity index (χ0) is 9.31. The van der Waals surface area contributed by atoms with Gasteiger partial charge in [-0.2, -0.15) is 0 Å². The van der Waals surface area contributed by atoms with Crippen LogP contribution in [-0.2, 0) is 14.3 Å². The highest BCUT2D eigenvalue weighted by Gasteiger charge is 2.42. The van der Waals surface area contributed by atoms with E-state index in [2.05, 4.69) is 10.1 Å². The maximum Gasteiger partial charge on any atom is 0.334 e. The molecular weight excluding hydrogens is 170 g/mol. The van der Waals surface area contributed by atoms with Gasteiger partial charge in [-0.1, -0.05) is 0 Å². The summed E-state index contributed by atoms with van der Waals surface area (Å²) in [5.74, 6) is -0.234. The van der Waals surface area contributed by atoms with E-state index in [-0.39, 0.29) is 12.1 Å². The van der Waals surface area contributed by atoms with Gasteiger partial charge in [0, 0.05) is 18.5 Å². The van der Waals surface area contributed by atoms with Gasteiger partial charge in [-0.05, 0) is 12.8 Å². The van der Waals surface area contributed by atoms with Crippen LogP contribution in [0.4, 0.5) is 0 Å². The van der Waals surface area contributed by atoms with Gasteiger partial charge in [0.25, 0.3) is 0 Å². The van der Waals surface area contributed by atoms with Gasteiger partial charge in [-0.25, -0.2) is 4.79 Å². The number of carbonyl (C=O) groups excluding carboxylic acids is 1. The summed E-state index contributed by atoms with van der Waals surface area (Å²) in [4.78, 5) is 11.1. The van der Waals surface area contributed by atoms with Crippen molar-refractivity contribution in [1.29, 1.82) is 0 Å². The van der Waals surface area contributed by atoms with Gasteiger partial charge in [0.2, 0.25) is 0 Å². The second-order valence-electron chi connectivity index (χ2n) is 3.97. The van der Waals surface area contributed by atoms with Crippen molar-refractivity contribution in [2.45, 2.75) is 18.9 Å². The Labute approximate surface area is 77.6 Å². The van der Waals surface area contributed by atoms with Crippen molar-refractivity contribution in [3.05, 3.63) is 0 Å². The first-order valence-electron chi connectivity index (χ1n) is 4.66. The lowest BCUT2D eigenvalue weighted by molar-refractivity contribution is -0.165. The summed E-state index contributed by atoms with van der Waals surface area (Å²) < 4.78 is 10.1. The average Bonchev–Trinajstić information content (AvgIpc) is 2.14. The van der Waals surface area contributed by atoms with Crippen LogP contribution >= 0.6 is 0 Å². The SMILES string of the molecule is COC(=O)C1CCC2(CNC2)CO1. The van der Waals surface area contributed by atoms with Crippen LogP contribution in [-0.4, -0.2) is 38.9 Å². The molecule has 4 nitrogen and oxygen atoms in total. The van der Waals surface area contributed by atoms with Crippen molar-refractivity contribution < 1.29 is 14.3 Å². The molecule has 0 bridgehead atoms. The Morgan fingerprint density at radius 3 is 2.77 bits per heavy atom. The van der Waals surface area contributed by atoms with Crippen LogP contribution in [0.15, 0.2) is 0 Å². The standard InChI is InChI=1S/C9H15NO3/c1-12-8(11)7-2-3-9(6-13-7)4-10-5-9/h7,10H,2-6H2,1H3. The molecule has 2 heterocycles. The number of hydrogen-bond acceptors (Lipinski definition) is 4. The number of hydrogen-bond donors (Lipinski definition) is 1. The van der Waals surface area contributed by atoms with Gasteiger partial charge in [-0.3, -0.25) is 0 Å². The summed E-state index contributed by atoms with van der Waals surface area (Å²) in [5, 5.41) is 3.23. The minimum absolute atomic E-state index is 0.234. The molecule has 1 unspecified atom stereocenters. The molecule has 0 radical (unpaired) electrons. The van der Waals surface area contributed by atoms with E-state index < -0.39 is 0 Å². The van der Waals surface area contributed by atoms with E-state index in [0.29, 0.717) is 12.0 Å². The second kappa shape index (κ2) is 3.27. The van der Waals surface area contributed by atoms with Crippen LogP contribution < -0.4 is 5.32 Å². The van der Waals surface area contributed by atoms with Crippen molar-refractivity contribution in [2.24, 2.45) is 5.41 Å². The van der Waals surface area contributed by atoms with Crippen molar-refractivity contribution >= 4 is 5.97 Å².